The molecule has 0 spiro atoms. The molecule has 3 heteroatoms. The second kappa shape index (κ2) is 4.43. The van der Waals surface area contributed by atoms with Gasteiger partial charge in [0.25, 0.3) is 0 Å². The first kappa shape index (κ1) is 11.2. The van der Waals surface area contributed by atoms with Gasteiger partial charge in [0, 0.05) is 5.56 Å². The topological polar surface area (TPSA) is 12.9 Å². The van der Waals surface area contributed by atoms with Crippen LogP contribution in [0.25, 0.3) is 10.6 Å². The van der Waals surface area contributed by atoms with E-state index >= 15 is 0 Å². The molecule has 1 aliphatic rings. The second-order valence-corrected chi connectivity index (χ2v) is 6.17. The van der Waals surface area contributed by atoms with Crippen LogP contribution in [0.5, 0.6) is 0 Å². The summed E-state index contributed by atoms with van der Waals surface area (Å²) >= 11 is 7.65. The number of hydrogen-bond acceptors (Lipinski definition) is 2. The molecule has 0 fully saturated rings. The third-order valence-electron chi connectivity index (χ3n) is 3.34. The summed E-state index contributed by atoms with van der Waals surface area (Å²) in [4.78, 5) is 4.52. The van der Waals surface area contributed by atoms with Crippen LogP contribution in [0.15, 0.2) is 18.2 Å². The summed E-state index contributed by atoms with van der Waals surface area (Å²) < 4.78 is 0.803. The molecule has 1 nitrogen and oxygen atoms in total. The van der Waals surface area contributed by atoms with Crippen molar-refractivity contribution < 1.29 is 0 Å². The van der Waals surface area contributed by atoms with Gasteiger partial charge in [-0.05, 0) is 49.8 Å². The average molecular weight is 264 g/mol. The van der Waals surface area contributed by atoms with E-state index in [0.717, 1.165) is 15.0 Å². The molecule has 1 heterocycles. The summed E-state index contributed by atoms with van der Waals surface area (Å²) in [7, 11) is 0. The molecule has 0 bridgehead atoms. The minimum Gasteiger partial charge on any atom is -0.240 e. The molecule has 88 valence electrons. The fourth-order valence-corrected chi connectivity index (χ4v) is 3.42. The van der Waals surface area contributed by atoms with Crippen LogP contribution >= 0.6 is 22.9 Å². The molecule has 17 heavy (non-hydrogen) atoms. The molecule has 0 N–H and O–H groups in total. The van der Waals surface area contributed by atoms with Gasteiger partial charge in [0.1, 0.15) is 9.34 Å². The number of aryl methyl sites for hydroxylation is 3. The lowest BCUT2D eigenvalue weighted by atomic mass is 9.90. The summed E-state index contributed by atoms with van der Waals surface area (Å²) in [5.74, 6) is 0. The van der Waals surface area contributed by atoms with Gasteiger partial charge < -0.3 is 0 Å². The Kier molecular flexibility index (Phi) is 2.93. The van der Waals surface area contributed by atoms with Crippen molar-refractivity contribution in [2.45, 2.75) is 32.6 Å². The maximum absolute atomic E-state index is 6.08. The second-order valence-electron chi connectivity index (χ2n) is 4.57. The molecule has 0 unspecified atom stereocenters. The third-order valence-corrected chi connectivity index (χ3v) is 4.84. The largest absolute Gasteiger partial charge is 0.240 e. The van der Waals surface area contributed by atoms with E-state index in [1.165, 1.54) is 42.4 Å². The van der Waals surface area contributed by atoms with Gasteiger partial charge in [0.15, 0.2) is 0 Å². The molecule has 0 saturated carbocycles. The zero-order valence-corrected chi connectivity index (χ0v) is 11.4. The highest BCUT2D eigenvalue weighted by Gasteiger charge is 2.12. The Morgan fingerprint density at radius 3 is 2.65 bits per heavy atom. The first-order valence-electron chi connectivity index (χ1n) is 5.99. The zero-order chi connectivity index (χ0) is 11.8. The van der Waals surface area contributed by atoms with Crippen LogP contribution in [-0.4, -0.2) is 4.98 Å². The molecule has 0 aliphatic heterocycles. The van der Waals surface area contributed by atoms with Crippen LogP contribution in [0, 0.1) is 6.92 Å². The van der Waals surface area contributed by atoms with Crippen LogP contribution in [0.1, 0.15) is 29.7 Å². The fourth-order valence-electron chi connectivity index (χ4n) is 2.37. The van der Waals surface area contributed by atoms with Crippen molar-refractivity contribution in [3.63, 3.8) is 0 Å². The Morgan fingerprint density at radius 1 is 1.18 bits per heavy atom. The van der Waals surface area contributed by atoms with E-state index in [1.54, 1.807) is 11.3 Å². The van der Waals surface area contributed by atoms with E-state index in [4.69, 9.17) is 11.6 Å². The maximum Gasteiger partial charge on any atom is 0.125 e. The Balaban J connectivity index is 2.03. The van der Waals surface area contributed by atoms with Gasteiger partial charge in [-0.3, -0.25) is 0 Å². The molecule has 0 radical (unpaired) electrons. The van der Waals surface area contributed by atoms with Crippen LogP contribution in [0.4, 0.5) is 0 Å². The minimum absolute atomic E-state index is 0.803. The predicted molar refractivity (Wildman–Crippen MR) is 73.9 cm³/mol. The van der Waals surface area contributed by atoms with Gasteiger partial charge in [-0.25, -0.2) is 4.98 Å². The average Bonchev–Trinajstić information content (AvgIpc) is 2.69. The van der Waals surface area contributed by atoms with Crippen molar-refractivity contribution in [2.75, 3.05) is 0 Å². The fraction of sp³-hybridized carbons (Fsp3) is 0.357. The standard InChI is InChI=1S/C14H14ClNS/c1-9-13(15)17-14(16-9)12-7-6-10-4-2-3-5-11(10)8-12/h6-8H,2-5H2,1H3. The molecule has 1 aliphatic carbocycles. The van der Waals surface area contributed by atoms with Gasteiger partial charge >= 0.3 is 0 Å². The van der Waals surface area contributed by atoms with E-state index in [1.807, 2.05) is 6.92 Å². The van der Waals surface area contributed by atoms with Gasteiger partial charge in [-0.1, -0.05) is 23.7 Å². The summed E-state index contributed by atoms with van der Waals surface area (Å²) in [6.45, 7) is 1.96. The maximum atomic E-state index is 6.08. The Labute approximate surface area is 110 Å². The summed E-state index contributed by atoms with van der Waals surface area (Å²) in [5.41, 5.74) is 5.16. The SMILES string of the molecule is Cc1nc(-c2ccc3c(c2)CCCC3)sc1Cl. The number of aromatic nitrogens is 1. The van der Waals surface area contributed by atoms with Crippen LogP contribution < -0.4 is 0 Å². The van der Waals surface area contributed by atoms with E-state index in [2.05, 4.69) is 23.2 Å². The predicted octanol–water partition coefficient (Wildman–Crippen LogP) is 4.65. The lowest BCUT2D eigenvalue weighted by molar-refractivity contribution is 0.686. The molecular weight excluding hydrogens is 250 g/mol. The van der Waals surface area contributed by atoms with Crippen molar-refractivity contribution in [3.8, 4) is 10.6 Å². The van der Waals surface area contributed by atoms with Crippen molar-refractivity contribution >= 4 is 22.9 Å². The lowest BCUT2D eigenvalue weighted by Gasteiger charge is -2.15. The van der Waals surface area contributed by atoms with Crippen LogP contribution in [0.3, 0.4) is 0 Å². The van der Waals surface area contributed by atoms with E-state index in [9.17, 15) is 0 Å². The number of thiazole rings is 1. The highest BCUT2D eigenvalue weighted by Crippen LogP contribution is 2.33. The number of benzene rings is 1. The van der Waals surface area contributed by atoms with Crippen molar-refractivity contribution in [1.29, 1.82) is 0 Å². The highest BCUT2D eigenvalue weighted by atomic mass is 35.5. The molecule has 2 aromatic rings. The summed E-state index contributed by atoms with van der Waals surface area (Å²) in [6.07, 6.45) is 5.08. The smallest absolute Gasteiger partial charge is 0.125 e. The third kappa shape index (κ3) is 2.12. The highest BCUT2D eigenvalue weighted by molar-refractivity contribution is 7.19. The van der Waals surface area contributed by atoms with Crippen LogP contribution in [-0.2, 0) is 12.8 Å². The van der Waals surface area contributed by atoms with Gasteiger partial charge in [0.05, 0.1) is 5.69 Å². The molecule has 1 aromatic heterocycles. The lowest BCUT2D eigenvalue weighted by Crippen LogP contribution is -2.02. The van der Waals surface area contributed by atoms with E-state index in [-0.39, 0.29) is 0 Å². The van der Waals surface area contributed by atoms with Gasteiger partial charge in [0.2, 0.25) is 0 Å². The molecular formula is C14H14ClNS. The van der Waals surface area contributed by atoms with Crippen molar-refractivity contribution in [3.05, 3.63) is 39.4 Å². The van der Waals surface area contributed by atoms with Crippen molar-refractivity contribution in [2.24, 2.45) is 0 Å². The first-order valence-corrected chi connectivity index (χ1v) is 7.18. The molecule has 0 saturated heterocycles. The van der Waals surface area contributed by atoms with E-state index < -0.39 is 0 Å². The molecule has 1 aromatic carbocycles. The molecule has 0 atom stereocenters. The van der Waals surface area contributed by atoms with E-state index in [0.29, 0.717) is 0 Å². The summed E-state index contributed by atoms with van der Waals surface area (Å²) in [6, 6.07) is 6.73. The zero-order valence-electron chi connectivity index (χ0n) is 9.79. The first-order chi connectivity index (χ1) is 8.24. The number of fused-ring (bicyclic) bond motifs is 1. The minimum atomic E-state index is 0.803. The Hall–Kier alpha value is -0.860. The number of nitrogens with zero attached hydrogens (tertiary/aromatic N) is 1. The van der Waals surface area contributed by atoms with Gasteiger partial charge in [-0.15, -0.1) is 11.3 Å². The van der Waals surface area contributed by atoms with Gasteiger partial charge in [-0.2, -0.15) is 0 Å². The Morgan fingerprint density at radius 2 is 1.94 bits per heavy atom. The number of hydrogen-bond donors (Lipinski definition) is 0. The number of halogens is 1. The Bertz CT molecular complexity index is 540. The molecule has 3 rings (SSSR count). The normalized spacial score (nSPS) is 14.7. The monoisotopic (exact) mass is 263 g/mol. The quantitative estimate of drug-likeness (QED) is 0.730. The van der Waals surface area contributed by atoms with Crippen molar-refractivity contribution in [1.82, 2.24) is 4.98 Å². The molecule has 0 amide bonds. The number of rotatable bonds is 1. The summed E-state index contributed by atoms with van der Waals surface area (Å²) in [5, 5.41) is 1.04. The van der Waals surface area contributed by atoms with Crippen LogP contribution in [0.2, 0.25) is 4.34 Å².